The van der Waals surface area contributed by atoms with Crippen LogP contribution in [0.1, 0.15) is 18.4 Å². The Hall–Kier alpha value is -3.50. The van der Waals surface area contributed by atoms with Crippen LogP contribution in [0.3, 0.4) is 0 Å². The highest BCUT2D eigenvalue weighted by Crippen LogP contribution is 2.36. The molecular formula is C22H24F3N3O5. The van der Waals surface area contributed by atoms with Crippen LogP contribution < -0.4 is 14.4 Å². The van der Waals surface area contributed by atoms with E-state index < -0.39 is 22.4 Å². The number of methoxy groups -OCH3 is 1. The molecule has 2 aromatic rings. The highest BCUT2D eigenvalue weighted by atomic mass is 19.4. The predicted molar refractivity (Wildman–Crippen MR) is 115 cm³/mol. The van der Waals surface area contributed by atoms with Crippen LogP contribution >= 0.6 is 0 Å². The van der Waals surface area contributed by atoms with Crippen LogP contribution in [0.5, 0.6) is 11.5 Å². The van der Waals surface area contributed by atoms with Crippen molar-refractivity contribution < 1.29 is 32.4 Å². The second-order valence-corrected chi connectivity index (χ2v) is 7.45. The second-order valence-electron chi connectivity index (χ2n) is 7.45. The minimum atomic E-state index is -4.66. The maximum absolute atomic E-state index is 12.9. The van der Waals surface area contributed by atoms with Gasteiger partial charge in [0.2, 0.25) is 5.91 Å². The molecule has 0 atom stereocenters. The van der Waals surface area contributed by atoms with Crippen molar-refractivity contribution >= 4 is 17.3 Å². The van der Waals surface area contributed by atoms with Crippen molar-refractivity contribution in [2.75, 3.05) is 44.8 Å². The van der Waals surface area contributed by atoms with Gasteiger partial charge in [-0.3, -0.25) is 14.9 Å². The Bertz CT molecular complexity index is 974. The Kier molecular flexibility index (Phi) is 7.62. The Morgan fingerprint density at radius 1 is 1.06 bits per heavy atom. The number of benzene rings is 2. The van der Waals surface area contributed by atoms with Crippen LogP contribution in [0.15, 0.2) is 42.5 Å². The monoisotopic (exact) mass is 467 g/mol. The van der Waals surface area contributed by atoms with Gasteiger partial charge in [0.25, 0.3) is 5.69 Å². The molecule has 1 fully saturated rings. The quantitative estimate of drug-likeness (QED) is 0.330. The van der Waals surface area contributed by atoms with Crippen molar-refractivity contribution in [3.05, 3.63) is 58.1 Å². The fraction of sp³-hybridized carbons (Fsp3) is 0.409. The minimum Gasteiger partial charge on any atom is -0.497 e. The summed E-state index contributed by atoms with van der Waals surface area (Å²) >= 11 is 0. The molecule has 8 nitrogen and oxygen atoms in total. The molecule has 0 bridgehead atoms. The zero-order valence-corrected chi connectivity index (χ0v) is 18.0. The molecule has 1 aliphatic heterocycles. The first kappa shape index (κ1) is 24.1. The van der Waals surface area contributed by atoms with Gasteiger partial charge in [-0.15, -0.1) is 0 Å². The molecule has 0 aliphatic carbocycles. The van der Waals surface area contributed by atoms with Crippen LogP contribution in [0.25, 0.3) is 0 Å². The van der Waals surface area contributed by atoms with Gasteiger partial charge in [0.15, 0.2) is 0 Å². The Morgan fingerprint density at radius 2 is 1.70 bits per heavy atom. The fourth-order valence-electron chi connectivity index (χ4n) is 3.55. The molecule has 0 aromatic heterocycles. The van der Waals surface area contributed by atoms with Gasteiger partial charge in [-0.1, -0.05) is 0 Å². The summed E-state index contributed by atoms with van der Waals surface area (Å²) in [5.41, 5.74) is -1.54. The number of ether oxygens (including phenoxy) is 2. The maximum atomic E-state index is 12.9. The average Bonchev–Trinajstić information content (AvgIpc) is 2.81. The van der Waals surface area contributed by atoms with Gasteiger partial charge in [0.1, 0.15) is 17.2 Å². The van der Waals surface area contributed by atoms with E-state index in [4.69, 9.17) is 9.47 Å². The summed E-state index contributed by atoms with van der Waals surface area (Å²) in [6, 6.07) is 9.62. The van der Waals surface area contributed by atoms with Crippen LogP contribution in [-0.4, -0.2) is 55.6 Å². The van der Waals surface area contributed by atoms with Gasteiger partial charge in [0.05, 0.1) is 24.2 Å². The number of rotatable bonds is 8. The van der Waals surface area contributed by atoms with E-state index in [0.717, 1.165) is 17.9 Å². The number of anilines is 1. The number of carbonyl (C=O) groups is 1. The summed E-state index contributed by atoms with van der Waals surface area (Å²) in [4.78, 5) is 26.3. The topological polar surface area (TPSA) is 85.2 Å². The number of hydrogen-bond donors (Lipinski definition) is 0. The fourth-order valence-corrected chi connectivity index (χ4v) is 3.55. The number of nitro groups is 1. The van der Waals surface area contributed by atoms with Gasteiger partial charge in [-0.25, -0.2) is 0 Å². The standard InChI is InChI=1S/C22H24F3N3O5/c1-32-17-5-7-18(8-6-17)33-14-2-3-21(29)27-12-10-26(11-13-27)19-9-4-16(22(23,24)25)15-20(19)28(30)31/h4-9,15H,2-3,10-14H2,1H3. The van der Waals surface area contributed by atoms with Crippen LogP contribution in [0.2, 0.25) is 0 Å². The summed E-state index contributed by atoms with van der Waals surface area (Å²) in [7, 11) is 1.58. The minimum absolute atomic E-state index is 0.0603. The molecule has 33 heavy (non-hydrogen) atoms. The van der Waals surface area contributed by atoms with Crippen molar-refractivity contribution in [3.8, 4) is 11.5 Å². The van der Waals surface area contributed by atoms with Crippen molar-refractivity contribution in [2.24, 2.45) is 0 Å². The molecule has 1 saturated heterocycles. The van der Waals surface area contributed by atoms with E-state index in [0.29, 0.717) is 51.0 Å². The van der Waals surface area contributed by atoms with Gasteiger partial charge in [-0.05, 0) is 42.8 Å². The summed E-state index contributed by atoms with van der Waals surface area (Å²) in [6.45, 7) is 1.61. The molecule has 0 saturated carbocycles. The lowest BCUT2D eigenvalue weighted by Crippen LogP contribution is -2.49. The summed E-state index contributed by atoms with van der Waals surface area (Å²) in [5.74, 6) is 1.34. The summed E-state index contributed by atoms with van der Waals surface area (Å²) in [5, 5.41) is 11.3. The molecule has 0 radical (unpaired) electrons. The number of amides is 1. The summed E-state index contributed by atoms with van der Waals surface area (Å²) < 4.78 is 49.4. The number of carbonyl (C=O) groups excluding carboxylic acids is 1. The maximum Gasteiger partial charge on any atom is 0.416 e. The number of piperazine rings is 1. The van der Waals surface area contributed by atoms with E-state index >= 15 is 0 Å². The number of nitrogens with zero attached hydrogens (tertiary/aromatic N) is 3. The Labute approximate surface area is 188 Å². The van der Waals surface area contributed by atoms with Crippen molar-refractivity contribution in [1.82, 2.24) is 4.90 Å². The molecule has 3 rings (SSSR count). The van der Waals surface area contributed by atoms with Gasteiger partial charge >= 0.3 is 6.18 Å². The SMILES string of the molecule is COc1ccc(OCCCC(=O)N2CCN(c3ccc(C(F)(F)F)cc3[N+](=O)[O-])CC2)cc1. The highest BCUT2D eigenvalue weighted by molar-refractivity contribution is 5.76. The smallest absolute Gasteiger partial charge is 0.416 e. The van der Waals surface area contributed by atoms with E-state index in [1.807, 2.05) is 0 Å². The third-order valence-electron chi connectivity index (χ3n) is 5.34. The Morgan fingerprint density at radius 3 is 2.27 bits per heavy atom. The highest BCUT2D eigenvalue weighted by Gasteiger charge is 2.34. The largest absolute Gasteiger partial charge is 0.497 e. The lowest BCUT2D eigenvalue weighted by Gasteiger charge is -2.36. The second kappa shape index (κ2) is 10.4. The molecule has 1 heterocycles. The number of halogens is 3. The molecule has 0 spiro atoms. The lowest BCUT2D eigenvalue weighted by molar-refractivity contribution is -0.384. The van der Waals surface area contributed by atoms with Crippen LogP contribution in [0.4, 0.5) is 24.5 Å². The third-order valence-corrected chi connectivity index (χ3v) is 5.34. The van der Waals surface area contributed by atoms with E-state index in [-0.39, 0.29) is 18.0 Å². The molecule has 0 N–H and O–H groups in total. The van der Waals surface area contributed by atoms with Gasteiger partial charge in [0, 0.05) is 38.7 Å². The average molecular weight is 467 g/mol. The molecule has 1 amide bonds. The van der Waals surface area contributed by atoms with Crippen molar-refractivity contribution in [2.45, 2.75) is 19.0 Å². The first-order chi connectivity index (χ1) is 15.7. The predicted octanol–water partition coefficient (Wildman–Crippen LogP) is 4.13. The van der Waals surface area contributed by atoms with E-state index in [2.05, 4.69) is 0 Å². The Balaban J connectivity index is 1.49. The van der Waals surface area contributed by atoms with Gasteiger partial charge < -0.3 is 19.3 Å². The van der Waals surface area contributed by atoms with E-state index in [9.17, 15) is 28.1 Å². The van der Waals surface area contributed by atoms with Crippen molar-refractivity contribution in [1.29, 1.82) is 0 Å². The zero-order chi connectivity index (χ0) is 24.0. The molecule has 0 unspecified atom stereocenters. The zero-order valence-electron chi connectivity index (χ0n) is 18.0. The van der Waals surface area contributed by atoms with E-state index in [1.165, 1.54) is 0 Å². The number of hydrogen-bond acceptors (Lipinski definition) is 6. The molecule has 2 aromatic carbocycles. The summed E-state index contributed by atoms with van der Waals surface area (Å²) in [6.07, 6.45) is -3.85. The lowest BCUT2D eigenvalue weighted by atomic mass is 10.1. The third kappa shape index (κ3) is 6.27. The first-order valence-electron chi connectivity index (χ1n) is 10.3. The normalized spacial score (nSPS) is 14.2. The molecular weight excluding hydrogens is 443 g/mol. The first-order valence-corrected chi connectivity index (χ1v) is 10.3. The van der Waals surface area contributed by atoms with E-state index in [1.54, 1.807) is 41.2 Å². The van der Waals surface area contributed by atoms with Crippen LogP contribution in [0, 0.1) is 10.1 Å². The van der Waals surface area contributed by atoms with Crippen molar-refractivity contribution in [3.63, 3.8) is 0 Å². The molecule has 1 aliphatic rings. The number of nitro benzene ring substituents is 1. The number of alkyl halides is 3. The van der Waals surface area contributed by atoms with Gasteiger partial charge in [-0.2, -0.15) is 13.2 Å². The molecule has 11 heteroatoms. The van der Waals surface area contributed by atoms with Crippen LogP contribution in [-0.2, 0) is 11.0 Å². The molecule has 178 valence electrons.